The highest BCUT2D eigenvalue weighted by molar-refractivity contribution is 7.82. The van der Waals surface area contributed by atoms with Crippen molar-refractivity contribution in [2.45, 2.75) is 24.0 Å². The molecule has 3 aliphatic rings. The summed E-state index contributed by atoms with van der Waals surface area (Å²) in [6, 6.07) is 9.67. The standard InChI is InChI=1S/C30H39FN6O4S/c1-35(2)11-16-41-29(38)30-18-22(19-32)27(34-25-5-3-24(31)4-6-25)17-23(30)9-10-37(21-30)42(39)26-7-8-28(33-20-26)36-12-14-40-15-13-36/h3-8,17,19-20,22,29,32,38H,9-16,18,21H2,1-2H3. The van der Waals surface area contributed by atoms with Crippen LogP contribution in [0, 0.1) is 22.6 Å². The molecule has 1 aliphatic carbocycles. The lowest BCUT2D eigenvalue weighted by Gasteiger charge is -2.49. The van der Waals surface area contributed by atoms with Crippen LogP contribution in [0.1, 0.15) is 12.8 Å². The zero-order valence-electron chi connectivity index (χ0n) is 24.1. The van der Waals surface area contributed by atoms with Crippen LogP contribution in [0.2, 0.25) is 0 Å². The normalized spacial score (nSPS) is 25.6. The second kappa shape index (κ2) is 13.6. The third-order valence-electron chi connectivity index (χ3n) is 8.08. The Morgan fingerprint density at radius 1 is 1.26 bits per heavy atom. The number of aliphatic hydroxyl groups is 1. The fourth-order valence-corrected chi connectivity index (χ4v) is 6.93. The van der Waals surface area contributed by atoms with Gasteiger partial charge in [-0.1, -0.05) is 5.57 Å². The Balaban J connectivity index is 1.41. The van der Waals surface area contributed by atoms with E-state index in [0.717, 1.165) is 24.5 Å². The number of rotatable bonds is 10. The number of pyridine rings is 1. The molecule has 2 fully saturated rings. The maximum atomic E-state index is 13.8. The number of morpholine rings is 1. The van der Waals surface area contributed by atoms with Crippen molar-refractivity contribution in [3.8, 4) is 0 Å². The molecule has 5 rings (SSSR count). The molecule has 3 heterocycles. The Labute approximate surface area is 248 Å². The van der Waals surface area contributed by atoms with Crippen LogP contribution in [0.3, 0.4) is 0 Å². The van der Waals surface area contributed by atoms with Gasteiger partial charge in [-0.2, -0.15) is 0 Å². The number of halogens is 1. The molecule has 1 aromatic carbocycles. The first-order chi connectivity index (χ1) is 20.3. The number of allylic oxidation sites excluding steroid dienone is 1. The highest BCUT2D eigenvalue weighted by Gasteiger charge is 2.51. The highest BCUT2D eigenvalue weighted by atomic mass is 32.2. The summed E-state index contributed by atoms with van der Waals surface area (Å²) in [4.78, 5) is 14.0. The van der Waals surface area contributed by atoms with Crippen LogP contribution in [0.5, 0.6) is 0 Å². The number of aliphatic hydroxyl groups excluding tert-OH is 1. The van der Waals surface area contributed by atoms with Gasteiger partial charge in [0.25, 0.3) is 0 Å². The zero-order chi connectivity index (χ0) is 29.7. The molecular formula is C30H39FN6O4S. The van der Waals surface area contributed by atoms with E-state index in [2.05, 4.69) is 9.88 Å². The number of benzene rings is 1. The summed E-state index contributed by atoms with van der Waals surface area (Å²) in [5, 5.41) is 19.8. The van der Waals surface area contributed by atoms with Gasteiger partial charge in [0.2, 0.25) is 0 Å². The van der Waals surface area contributed by atoms with Crippen LogP contribution >= 0.6 is 0 Å². The van der Waals surface area contributed by atoms with Crippen molar-refractivity contribution in [1.29, 1.82) is 5.41 Å². The smallest absolute Gasteiger partial charge is 0.165 e. The van der Waals surface area contributed by atoms with Crippen molar-refractivity contribution < 1.29 is 23.2 Å². The highest BCUT2D eigenvalue weighted by Crippen LogP contribution is 2.48. The van der Waals surface area contributed by atoms with Crippen molar-refractivity contribution in [2.24, 2.45) is 16.3 Å². The Morgan fingerprint density at radius 2 is 2.02 bits per heavy atom. The summed E-state index contributed by atoms with van der Waals surface area (Å²) < 4.78 is 40.6. The second-order valence-electron chi connectivity index (χ2n) is 11.2. The number of aliphatic imine (C=N–C) groups is 1. The van der Waals surface area contributed by atoms with E-state index in [1.54, 1.807) is 18.3 Å². The first-order valence-corrected chi connectivity index (χ1v) is 15.4. The molecule has 4 unspecified atom stereocenters. The number of hydrogen-bond acceptors (Lipinski definition) is 9. The number of likely N-dealkylation sites (N-methyl/N-ethyl adjacent to an activating group) is 1. The summed E-state index contributed by atoms with van der Waals surface area (Å²) >= 11 is 0. The summed E-state index contributed by atoms with van der Waals surface area (Å²) in [6.45, 7) is 4.61. The van der Waals surface area contributed by atoms with Gasteiger partial charge in [0.05, 0.1) is 35.8 Å². The molecule has 12 heteroatoms. The molecule has 226 valence electrons. The van der Waals surface area contributed by atoms with E-state index in [1.807, 2.05) is 41.5 Å². The quantitative estimate of drug-likeness (QED) is 0.319. The predicted molar refractivity (Wildman–Crippen MR) is 161 cm³/mol. The summed E-state index contributed by atoms with van der Waals surface area (Å²) in [5.41, 5.74) is 1.34. The molecule has 2 aliphatic heterocycles. The molecule has 0 spiro atoms. The van der Waals surface area contributed by atoms with E-state index < -0.39 is 28.6 Å². The van der Waals surface area contributed by atoms with E-state index in [1.165, 1.54) is 18.3 Å². The van der Waals surface area contributed by atoms with Gasteiger partial charge in [-0.05, 0) is 69.4 Å². The first kappa shape index (κ1) is 30.6. The van der Waals surface area contributed by atoms with E-state index in [4.69, 9.17) is 19.9 Å². The van der Waals surface area contributed by atoms with Gasteiger partial charge in [0.15, 0.2) is 6.29 Å². The molecule has 0 amide bonds. The van der Waals surface area contributed by atoms with Crippen LogP contribution in [0.4, 0.5) is 15.9 Å². The molecule has 2 N–H and O–H groups in total. The van der Waals surface area contributed by atoms with Crippen LogP contribution in [0.25, 0.3) is 0 Å². The van der Waals surface area contributed by atoms with Crippen LogP contribution in [-0.2, 0) is 20.5 Å². The maximum absolute atomic E-state index is 13.8. The summed E-state index contributed by atoms with van der Waals surface area (Å²) in [5.74, 6) is 0.0832. The number of nitrogens with one attached hydrogen (secondary N) is 1. The molecule has 10 nitrogen and oxygen atoms in total. The maximum Gasteiger partial charge on any atom is 0.165 e. The van der Waals surface area contributed by atoms with Gasteiger partial charge in [0.1, 0.15) is 22.6 Å². The largest absolute Gasteiger partial charge is 0.378 e. The van der Waals surface area contributed by atoms with Gasteiger partial charge in [-0.25, -0.2) is 17.9 Å². The van der Waals surface area contributed by atoms with E-state index in [-0.39, 0.29) is 12.4 Å². The Hall–Kier alpha value is -2.87. The molecule has 4 atom stereocenters. The predicted octanol–water partition coefficient (Wildman–Crippen LogP) is 3.04. The minimum Gasteiger partial charge on any atom is -0.378 e. The topological polar surface area (TPSA) is 115 Å². The number of piperidine rings is 1. The lowest BCUT2D eigenvalue weighted by atomic mass is 9.65. The SMILES string of the molecule is CN(C)CCOC(O)C12CC(C=N)C(=Nc3ccc(F)cc3)C=C1CCN(S(=O)c1ccc(N3CCOCC3)nc1)C2. The zero-order valence-corrected chi connectivity index (χ0v) is 24.9. The second-order valence-corrected chi connectivity index (χ2v) is 12.6. The van der Waals surface area contributed by atoms with Crippen molar-refractivity contribution >= 4 is 34.4 Å². The van der Waals surface area contributed by atoms with Gasteiger partial charge in [-0.3, -0.25) is 4.99 Å². The molecule has 0 saturated carbocycles. The minimum atomic E-state index is -1.51. The fraction of sp³-hybridized carbons (Fsp3) is 0.500. The number of nitrogens with zero attached hydrogens (tertiary/aromatic N) is 5. The van der Waals surface area contributed by atoms with E-state index in [0.29, 0.717) is 62.0 Å². The minimum absolute atomic E-state index is 0.286. The average molecular weight is 599 g/mol. The average Bonchev–Trinajstić information content (AvgIpc) is 3.01. The molecule has 0 bridgehead atoms. The van der Waals surface area contributed by atoms with Crippen LogP contribution in [-0.4, -0.2) is 108 Å². The molecule has 1 aromatic heterocycles. The summed E-state index contributed by atoms with van der Waals surface area (Å²) in [7, 11) is 2.37. The van der Waals surface area contributed by atoms with Gasteiger partial charge in [-0.15, -0.1) is 0 Å². The third kappa shape index (κ3) is 6.85. The number of anilines is 1. The van der Waals surface area contributed by atoms with Crippen molar-refractivity contribution in [2.75, 3.05) is 71.5 Å². The van der Waals surface area contributed by atoms with Crippen LogP contribution in [0.15, 0.2) is 64.1 Å². The third-order valence-corrected chi connectivity index (χ3v) is 9.51. The Kier molecular flexibility index (Phi) is 9.92. The molecule has 2 aromatic rings. The first-order valence-electron chi connectivity index (χ1n) is 14.2. The Morgan fingerprint density at radius 3 is 2.69 bits per heavy atom. The number of hydrogen-bond donors (Lipinski definition) is 2. The molecule has 42 heavy (non-hydrogen) atoms. The van der Waals surface area contributed by atoms with Gasteiger partial charge < -0.3 is 29.8 Å². The van der Waals surface area contributed by atoms with Crippen molar-refractivity contribution in [3.05, 3.63) is 60.1 Å². The fourth-order valence-electron chi connectivity index (χ4n) is 5.70. The number of ether oxygens (including phenoxy) is 2. The van der Waals surface area contributed by atoms with Gasteiger partial charge >= 0.3 is 0 Å². The van der Waals surface area contributed by atoms with Crippen molar-refractivity contribution in [3.63, 3.8) is 0 Å². The van der Waals surface area contributed by atoms with Crippen molar-refractivity contribution in [1.82, 2.24) is 14.2 Å². The summed E-state index contributed by atoms with van der Waals surface area (Å²) in [6.07, 6.45) is 4.69. The number of fused-ring (bicyclic) bond motifs is 1. The van der Waals surface area contributed by atoms with E-state index in [9.17, 15) is 13.7 Å². The van der Waals surface area contributed by atoms with E-state index >= 15 is 0 Å². The van der Waals surface area contributed by atoms with Gasteiger partial charge in [0, 0.05) is 56.8 Å². The molecular weight excluding hydrogens is 559 g/mol. The Bertz CT molecular complexity index is 1320. The molecule has 2 saturated heterocycles. The monoisotopic (exact) mass is 598 g/mol. The van der Waals surface area contributed by atoms with Crippen LogP contribution < -0.4 is 4.90 Å². The lowest BCUT2D eigenvalue weighted by Crippen LogP contribution is -2.55. The molecule has 0 radical (unpaired) electrons. The lowest BCUT2D eigenvalue weighted by molar-refractivity contribution is -0.174. The number of aromatic nitrogens is 1.